The zero-order valence-corrected chi connectivity index (χ0v) is 11.7. The number of nitrogens with zero attached hydrogens (tertiary/aromatic N) is 2. The first kappa shape index (κ1) is 18.4. The summed E-state index contributed by atoms with van der Waals surface area (Å²) >= 11 is 0. The maximum absolute atomic E-state index is 13.4. The summed E-state index contributed by atoms with van der Waals surface area (Å²) in [5, 5.41) is 10.8. The first-order valence-corrected chi connectivity index (χ1v) is 6.21. The molecule has 0 bridgehead atoms. The number of carboxylic acid groups (broad SMARTS) is 1. The van der Waals surface area contributed by atoms with Gasteiger partial charge in [-0.25, -0.2) is 19.2 Å². The lowest BCUT2D eigenvalue weighted by atomic mass is 10.2. The maximum Gasteiger partial charge on any atom is 0.434 e. The number of aromatic nitrogens is 2. The first-order valence-electron chi connectivity index (χ1n) is 6.21. The van der Waals surface area contributed by atoms with Gasteiger partial charge in [-0.2, -0.15) is 26.3 Å². The van der Waals surface area contributed by atoms with Crippen LogP contribution in [0.25, 0.3) is 0 Å². The van der Waals surface area contributed by atoms with Gasteiger partial charge in [-0.3, -0.25) is 0 Å². The van der Waals surface area contributed by atoms with E-state index in [1.165, 1.54) is 0 Å². The van der Waals surface area contributed by atoms with Crippen molar-refractivity contribution in [1.29, 1.82) is 0 Å². The molecule has 0 radical (unpaired) electrons. The molecule has 1 heterocycles. The van der Waals surface area contributed by atoms with Crippen molar-refractivity contribution >= 4 is 17.6 Å². The molecule has 0 atom stereocenters. The summed E-state index contributed by atoms with van der Waals surface area (Å²) in [6.07, 6.45) is -9.68. The molecule has 134 valence electrons. The van der Waals surface area contributed by atoms with E-state index in [2.05, 4.69) is 15.3 Å². The van der Waals surface area contributed by atoms with Gasteiger partial charge in [-0.05, 0) is 18.2 Å². The largest absolute Gasteiger partial charge is 0.478 e. The molecule has 1 aromatic carbocycles. The van der Waals surface area contributed by atoms with Crippen molar-refractivity contribution in [3.05, 3.63) is 47.0 Å². The van der Waals surface area contributed by atoms with E-state index in [-0.39, 0.29) is 5.69 Å². The van der Waals surface area contributed by atoms with E-state index in [9.17, 15) is 35.5 Å². The summed E-state index contributed by atoms with van der Waals surface area (Å²) in [6.45, 7) is 0. The van der Waals surface area contributed by atoms with Gasteiger partial charge in [0.05, 0.1) is 5.56 Å². The second kappa shape index (κ2) is 6.18. The third-order valence-electron chi connectivity index (χ3n) is 2.82. The standard InChI is InChI=1S/C13H6F7N3O2/c14-8-3-5(1-2-7(8)12(15,16)17)22-11-21-4-6(10(24)25)9(23-11)13(18,19)20/h1-4H,(H,24,25)(H,21,22,23). The molecule has 0 saturated carbocycles. The lowest BCUT2D eigenvalue weighted by molar-refractivity contribution is -0.142. The van der Waals surface area contributed by atoms with E-state index in [1.807, 2.05) is 0 Å². The Hall–Kier alpha value is -2.92. The number of aromatic carboxylic acids is 1. The number of alkyl halides is 6. The van der Waals surface area contributed by atoms with Crippen LogP contribution in [0.2, 0.25) is 0 Å². The van der Waals surface area contributed by atoms with Gasteiger partial charge in [0.1, 0.15) is 11.4 Å². The SMILES string of the molecule is O=C(O)c1cnc(Nc2ccc(C(F)(F)F)c(F)c2)nc1C(F)(F)F. The number of carbonyl (C=O) groups is 1. The number of halogens is 7. The van der Waals surface area contributed by atoms with E-state index in [0.717, 1.165) is 6.07 Å². The fourth-order valence-electron chi connectivity index (χ4n) is 1.77. The summed E-state index contributed by atoms with van der Waals surface area (Å²) in [5.74, 6) is -4.34. The number of rotatable bonds is 3. The Bertz CT molecular complexity index is 818. The molecule has 5 nitrogen and oxygen atoms in total. The number of benzene rings is 1. The van der Waals surface area contributed by atoms with E-state index < -0.39 is 46.9 Å². The molecule has 0 saturated heterocycles. The van der Waals surface area contributed by atoms with Crippen LogP contribution in [0.5, 0.6) is 0 Å². The number of hydrogen-bond donors (Lipinski definition) is 2. The summed E-state index contributed by atoms with van der Waals surface area (Å²) in [5.41, 5.74) is -4.89. The third-order valence-corrected chi connectivity index (χ3v) is 2.82. The van der Waals surface area contributed by atoms with Crippen LogP contribution in [0.4, 0.5) is 42.4 Å². The minimum Gasteiger partial charge on any atom is -0.478 e. The topological polar surface area (TPSA) is 75.1 Å². The fourth-order valence-corrected chi connectivity index (χ4v) is 1.77. The highest BCUT2D eigenvalue weighted by molar-refractivity contribution is 5.88. The minimum absolute atomic E-state index is 0.360. The summed E-state index contributed by atoms with van der Waals surface area (Å²) in [6, 6.07) is 1.53. The monoisotopic (exact) mass is 369 g/mol. The fraction of sp³-hybridized carbons (Fsp3) is 0.154. The van der Waals surface area contributed by atoms with Crippen LogP contribution in [0, 0.1) is 5.82 Å². The average Bonchev–Trinajstić information content (AvgIpc) is 2.44. The molecule has 25 heavy (non-hydrogen) atoms. The molecule has 0 amide bonds. The van der Waals surface area contributed by atoms with Gasteiger partial charge < -0.3 is 10.4 Å². The predicted octanol–water partition coefficient (Wildman–Crippen LogP) is 4.10. The van der Waals surface area contributed by atoms with E-state index >= 15 is 0 Å². The molecule has 0 unspecified atom stereocenters. The molecule has 2 aromatic rings. The van der Waals surface area contributed by atoms with E-state index in [4.69, 9.17) is 5.11 Å². The van der Waals surface area contributed by atoms with Gasteiger partial charge in [-0.15, -0.1) is 0 Å². The average molecular weight is 369 g/mol. The zero-order valence-electron chi connectivity index (χ0n) is 11.7. The van der Waals surface area contributed by atoms with Gasteiger partial charge in [0.15, 0.2) is 5.69 Å². The Kier molecular flexibility index (Phi) is 4.55. The summed E-state index contributed by atoms with van der Waals surface area (Å²) < 4.78 is 89.2. The van der Waals surface area contributed by atoms with Gasteiger partial charge in [0.25, 0.3) is 0 Å². The predicted molar refractivity (Wildman–Crippen MR) is 68.7 cm³/mol. The molecule has 0 aliphatic carbocycles. The second-order valence-electron chi connectivity index (χ2n) is 4.58. The Balaban J connectivity index is 2.38. The van der Waals surface area contributed by atoms with Crippen molar-refractivity contribution in [3.63, 3.8) is 0 Å². The quantitative estimate of drug-likeness (QED) is 0.797. The summed E-state index contributed by atoms with van der Waals surface area (Å²) in [4.78, 5) is 17.1. The van der Waals surface area contributed by atoms with Crippen molar-refractivity contribution in [2.75, 3.05) is 5.32 Å². The number of nitrogens with one attached hydrogen (secondary N) is 1. The van der Waals surface area contributed by atoms with Gasteiger partial charge in [0.2, 0.25) is 5.95 Å². The molecule has 0 spiro atoms. The molecular formula is C13H6F7N3O2. The molecule has 2 rings (SSSR count). The highest BCUT2D eigenvalue weighted by Crippen LogP contribution is 2.33. The van der Waals surface area contributed by atoms with Gasteiger partial charge in [0, 0.05) is 11.9 Å². The Morgan fingerprint density at radius 2 is 1.72 bits per heavy atom. The van der Waals surface area contributed by atoms with Crippen LogP contribution >= 0.6 is 0 Å². The normalized spacial score (nSPS) is 12.1. The Morgan fingerprint density at radius 3 is 2.20 bits per heavy atom. The Morgan fingerprint density at radius 1 is 1.08 bits per heavy atom. The van der Waals surface area contributed by atoms with Crippen LogP contribution in [-0.4, -0.2) is 21.0 Å². The molecule has 0 fully saturated rings. The van der Waals surface area contributed by atoms with Crippen LogP contribution < -0.4 is 5.32 Å². The number of carboxylic acids is 1. The second-order valence-corrected chi connectivity index (χ2v) is 4.58. The van der Waals surface area contributed by atoms with Gasteiger partial charge in [-0.1, -0.05) is 0 Å². The van der Waals surface area contributed by atoms with Crippen LogP contribution in [0.15, 0.2) is 24.4 Å². The Labute approximate surface area is 134 Å². The maximum atomic E-state index is 13.4. The van der Waals surface area contributed by atoms with Crippen molar-refractivity contribution < 1.29 is 40.6 Å². The van der Waals surface area contributed by atoms with E-state index in [1.54, 1.807) is 0 Å². The molecular weight excluding hydrogens is 363 g/mol. The minimum atomic E-state index is -5.11. The van der Waals surface area contributed by atoms with Crippen molar-refractivity contribution in [3.8, 4) is 0 Å². The number of hydrogen-bond acceptors (Lipinski definition) is 4. The molecule has 0 aliphatic heterocycles. The molecule has 1 aromatic heterocycles. The summed E-state index contributed by atoms with van der Waals surface area (Å²) in [7, 11) is 0. The third kappa shape index (κ3) is 4.14. The molecule has 0 aliphatic rings. The molecule has 12 heteroatoms. The van der Waals surface area contributed by atoms with Crippen LogP contribution in [-0.2, 0) is 12.4 Å². The van der Waals surface area contributed by atoms with Gasteiger partial charge >= 0.3 is 18.3 Å². The van der Waals surface area contributed by atoms with E-state index in [0.29, 0.717) is 18.3 Å². The lowest BCUT2D eigenvalue weighted by Crippen LogP contribution is -2.17. The van der Waals surface area contributed by atoms with Crippen LogP contribution in [0.1, 0.15) is 21.6 Å². The van der Waals surface area contributed by atoms with Crippen molar-refractivity contribution in [1.82, 2.24) is 9.97 Å². The highest BCUT2D eigenvalue weighted by Gasteiger charge is 2.38. The highest BCUT2D eigenvalue weighted by atomic mass is 19.4. The lowest BCUT2D eigenvalue weighted by Gasteiger charge is -2.12. The van der Waals surface area contributed by atoms with Crippen molar-refractivity contribution in [2.45, 2.75) is 12.4 Å². The van der Waals surface area contributed by atoms with Crippen LogP contribution in [0.3, 0.4) is 0 Å². The first-order chi connectivity index (χ1) is 11.4. The van der Waals surface area contributed by atoms with Crippen molar-refractivity contribution in [2.24, 2.45) is 0 Å². The zero-order chi connectivity index (χ0) is 19.0. The molecule has 2 N–H and O–H groups in total. The smallest absolute Gasteiger partial charge is 0.434 e. The number of anilines is 2.